The first-order chi connectivity index (χ1) is 48.5. The third kappa shape index (κ3) is 20.5. The molecule has 0 saturated carbocycles. The van der Waals surface area contributed by atoms with Crippen LogP contribution in [0.15, 0.2) is 92.6 Å². The summed E-state index contributed by atoms with van der Waals surface area (Å²) in [5.41, 5.74) is 13.3. The van der Waals surface area contributed by atoms with E-state index in [1.165, 1.54) is 0 Å². The summed E-state index contributed by atoms with van der Waals surface area (Å²) < 4.78 is 19.9. The molecule has 0 unspecified atom stereocenters. The summed E-state index contributed by atoms with van der Waals surface area (Å²) in [5.74, 6) is -0.280. The van der Waals surface area contributed by atoms with Crippen molar-refractivity contribution < 1.29 is 28.7 Å². The minimum Gasteiger partial charge on any atom is -0.465 e. The van der Waals surface area contributed by atoms with Gasteiger partial charge in [0.05, 0.1) is 36.9 Å². The van der Waals surface area contributed by atoms with E-state index in [2.05, 4.69) is 292 Å². The molecular weight excluding hydrogens is 1630 g/mol. The Morgan fingerprint density at radius 3 is 1.06 bits per heavy atom. The normalized spacial score (nSPS) is 12.2. The lowest BCUT2D eigenvalue weighted by Gasteiger charge is -2.44. The van der Waals surface area contributed by atoms with E-state index in [-0.39, 0.29) is 23.5 Å². The lowest BCUT2D eigenvalue weighted by molar-refractivity contribution is -0.140. The van der Waals surface area contributed by atoms with Crippen molar-refractivity contribution in [3.8, 4) is 0 Å². The monoisotopic (exact) mass is 1750 g/mol. The molecule has 0 bridgehead atoms. The van der Waals surface area contributed by atoms with Gasteiger partial charge in [0.25, 0.3) is 0 Å². The number of carbonyl (C=O) groups is 4. The minimum absolute atomic E-state index is 0.104. The highest BCUT2D eigenvalue weighted by atomic mass is 127. The van der Waals surface area contributed by atoms with Crippen LogP contribution in [0.1, 0.15) is 211 Å². The van der Waals surface area contributed by atoms with Crippen LogP contribution >= 0.6 is 84.9 Å². The van der Waals surface area contributed by atoms with E-state index in [1.54, 1.807) is 33.9 Å². The molecule has 0 aliphatic heterocycles. The van der Waals surface area contributed by atoms with Crippen LogP contribution in [-0.2, 0) is 41.5 Å². The summed E-state index contributed by atoms with van der Waals surface area (Å²) in [5, 5.41) is 7.50. The van der Waals surface area contributed by atoms with Gasteiger partial charge in [0.15, 0.2) is 32.9 Å². The number of hydrogen-bond donors (Lipinski definition) is 0. The third-order valence-electron chi connectivity index (χ3n) is 21.4. The van der Waals surface area contributed by atoms with Crippen molar-refractivity contribution in [3.05, 3.63) is 127 Å². The molecule has 0 radical (unpaired) electrons. The summed E-state index contributed by atoms with van der Waals surface area (Å²) in [6, 6.07) is 10.3. The Balaban J connectivity index is 0.000000339. The third-order valence-corrected chi connectivity index (χ3v) is 51.6. The maximum Gasteiger partial charge on any atom is 0.330 e. The first kappa shape index (κ1) is 94.2. The van der Waals surface area contributed by atoms with Gasteiger partial charge in [-0.25, -0.2) is 24.7 Å². The molecule has 0 fully saturated rings. The second-order valence-electron chi connectivity index (χ2n) is 31.0. The molecule has 8 aromatic rings. The fourth-order valence-electron chi connectivity index (χ4n) is 18.1. The van der Waals surface area contributed by atoms with E-state index in [4.69, 9.17) is 61.4 Å². The zero-order valence-electron chi connectivity index (χ0n) is 67.8. The number of hydrogen-bond acceptors (Lipinski definition) is 10. The Labute approximate surface area is 670 Å². The molecule has 0 aliphatic carbocycles. The molecule has 14 nitrogen and oxygen atoms in total. The predicted molar refractivity (Wildman–Crippen MR) is 468 cm³/mol. The number of ether oxygens (including phenoxy) is 2. The second kappa shape index (κ2) is 41.7. The van der Waals surface area contributed by atoms with Gasteiger partial charge < -0.3 is 31.2 Å². The van der Waals surface area contributed by atoms with Crippen molar-refractivity contribution in [2.75, 3.05) is 18.5 Å². The van der Waals surface area contributed by atoms with Crippen LogP contribution in [0.25, 0.3) is 44.1 Å². The number of ketones is 2. The van der Waals surface area contributed by atoms with E-state index in [0.29, 0.717) is 109 Å². The molecule has 0 atom stereocenters. The Kier molecular flexibility index (Phi) is 37.8. The van der Waals surface area contributed by atoms with Crippen molar-refractivity contribution in [2.24, 2.45) is 0 Å². The molecule has 0 aliphatic rings. The Bertz CT molecular complexity index is 4040. The van der Waals surface area contributed by atoms with Crippen LogP contribution in [0.3, 0.4) is 0 Å². The number of pyridine rings is 4. The number of carbonyl (C=O) groups excluding carboxylic acids is 4. The number of Topliss-reactive ketones (excluding diaryl/α,β-unsaturated/α-hetero) is 2. The molecule has 8 rings (SSSR count). The van der Waals surface area contributed by atoms with Crippen molar-refractivity contribution in [1.82, 2.24) is 36.9 Å². The van der Waals surface area contributed by atoms with Gasteiger partial charge in [-0.2, -0.15) is 0 Å². The first-order valence-electron chi connectivity index (χ1n) is 37.2. The summed E-state index contributed by atoms with van der Waals surface area (Å²) in [6.07, 6.45) is 18.8. The van der Waals surface area contributed by atoms with E-state index in [0.717, 1.165) is 80.0 Å². The van der Waals surface area contributed by atoms with Gasteiger partial charge in [-0.05, 0) is 189 Å². The fraction of sp³-hybridized carbons (Fsp3) is 0.575. The summed E-state index contributed by atoms with van der Waals surface area (Å²) in [6.45, 7) is 67.3. The number of rotatable bonds is 25. The van der Waals surface area contributed by atoms with Crippen LogP contribution in [0.4, 0.5) is 0 Å². The summed E-state index contributed by atoms with van der Waals surface area (Å²) in [7, 11) is -7.22. The number of aryl methyl sites for hydroxylation is 1. The summed E-state index contributed by atoms with van der Waals surface area (Å²) >= 11 is 31.3. The Hall–Kier alpha value is -3.98. The quantitative estimate of drug-likeness (QED) is 0.0177. The number of nitrogens with zero attached hydrogens (tertiary/aromatic N) is 8. The molecule has 0 N–H and O–H groups in total. The average Bonchev–Trinajstić information content (AvgIpc) is 1.54. The molecule has 8 heterocycles. The van der Waals surface area contributed by atoms with Crippen molar-refractivity contribution in [1.29, 1.82) is 0 Å². The van der Waals surface area contributed by atoms with Gasteiger partial charge in [-0.1, -0.05) is 235 Å². The molecular formula is C80H124BrCl4IN8O6Si4. The van der Waals surface area contributed by atoms with Gasteiger partial charge in [0.1, 0.15) is 39.5 Å². The molecule has 0 aromatic carbocycles. The van der Waals surface area contributed by atoms with E-state index >= 15 is 0 Å². The number of fused-ring (bicyclic) bond motifs is 4. The number of halogens is 6. The van der Waals surface area contributed by atoms with Crippen LogP contribution in [0, 0.1) is 3.57 Å². The van der Waals surface area contributed by atoms with Gasteiger partial charge in [0.2, 0.25) is 0 Å². The van der Waals surface area contributed by atoms with E-state index < -0.39 is 32.9 Å². The molecule has 8 aromatic heterocycles. The van der Waals surface area contributed by atoms with Crippen molar-refractivity contribution >= 4 is 186 Å². The fourth-order valence-corrected chi connectivity index (χ4v) is 45.8. The number of alkyl halides is 1. The van der Waals surface area contributed by atoms with E-state index in [9.17, 15) is 19.2 Å². The lowest BCUT2D eigenvalue weighted by Crippen LogP contribution is -2.51. The SMILES string of the molecule is C=CC(=O)OCC.CC(=O)CCc1cnc2c(ccn2[Si](C(C)C)(C(C)C)C(C)C)c1Cl.CC(=O)Cc1cnc2c(ccn2[Si](C(C)C)(C(C)C)C(C)C)c1Cl.CC(C)[Si](C(C)C)(C(C)C)n1ccc2c(Cl)c(I)cnc21.CC(C)[Si](C(C)C)(C(C)C)n1ccc2c(Cl)ccnc21.CCOC(=O)CBr. The largest absolute Gasteiger partial charge is 0.465 e. The smallest absolute Gasteiger partial charge is 0.330 e. The molecule has 578 valence electrons. The highest BCUT2D eigenvalue weighted by Crippen LogP contribution is 2.49. The molecule has 0 saturated heterocycles. The average molecular weight is 1750 g/mol. The molecule has 104 heavy (non-hydrogen) atoms. The molecule has 24 heteroatoms. The number of aromatic nitrogens is 8. The minimum atomic E-state index is -1.86. The first-order valence-corrected chi connectivity index (χ1v) is 49.6. The van der Waals surface area contributed by atoms with Gasteiger partial charge in [0, 0.05) is 65.2 Å². The lowest BCUT2D eigenvalue weighted by atomic mass is 10.1. The van der Waals surface area contributed by atoms with Crippen molar-refractivity contribution in [2.45, 2.75) is 280 Å². The van der Waals surface area contributed by atoms with Crippen LogP contribution < -0.4 is 0 Å². The zero-order valence-corrected chi connectivity index (χ0v) is 78.5. The van der Waals surface area contributed by atoms with Crippen LogP contribution in [0.5, 0.6) is 0 Å². The highest BCUT2D eigenvalue weighted by molar-refractivity contribution is 14.1. The van der Waals surface area contributed by atoms with E-state index in [1.807, 2.05) is 24.7 Å². The molecule has 0 amide bonds. The maximum absolute atomic E-state index is 11.4. The van der Waals surface area contributed by atoms with Crippen LogP contribution in [0.2, 0.25) is 86.6 Å². The topological polar surface area (TPSA) is 158 Å². The maximum atomic E-state index is 11.4. The van der Waals surface area contributed by atoms with Gasteiger partial charge >= 0.3 is 11.9 Å². The standard InChI is InChI=1S/C20H31ClN2OSi.C19H29ClN2OSi.C16H24ClIN2Si.C16H25ClN2Si.C5H8O2.C4H7BrO2/c1-13(2)25(14(3)4,15(5)6)23-11-10-18-19(21)17(9-8-16(7)24)12-22-20(18)23;1-12(2)24(13(3)4,14(5)6)22-9-8-17-18(20)16(10-15(7)23)11-21-19(17)22;1-10(2)21(11(3)4,12(5)6)20-8-7-13-15(17)14(18)9-19-16(13)20;1-11(2)20(12(3)4,13(5)6)19-10-8-14-15(17)7-9-18-16(14)19;1-3-5(6)7-4-2;1-2-7-4(6)3-5/h10-15H,8-9H2,1-7H3;8-9,11-14H,10H2,1-7H3;7-12H,1-6H3;7-13H,1-6H3;3H,1,4H2,2H3;2-3H2,1H3. The van der Waals surface area contributed by atoms with Gasteiger partial charge in [-0.15, -0.1) is 0 Å². The molecule has 0 spiro atoms. The predicted octanol–water partition coefficient (Wildman–Crippen LogP) is 25.8. The summed E-state index contributed by atoms with van der Waals surface area (Å²) in [4.78, 5) is 61.8. The Morgan fingerprint density at radius 1 is 0.462 bits per heavy atom. The van der Waals surface area contributed by atoms with Crippen LogP contribution in [-0.4, -0.2) is 112 Å². The second-order valence-corrected chi connectivity index (χ2v) is 57.1. The highest BCUT2D eigenvalue weighted by Gasteiger charge is 2.50. The van der Waals surface area contributed by atoms with Gasteiger partial charge in [-0.3, -0.25) is 9.59 Å². The zero-order chi connectivity index (χ0) is 79.6. The van der Waals surface area contributed by atoms with Crippen molar-refractivity contribution in [3.63, 3.8) is 0 Å². The number of esters is 2. The Morgan fingerprint density at radius 2 is 0.769 bits per heavy atom.